The quantitative estimate of drug-likeness (QED) is 0.0639. The van der Waals surface area contributed by atoms with Gasteiger partial charge in [-0.2, -0.15) is 0 Å². The van der Waals surface area contributed by atoms with Gasteiger partial charge in [-0.15, -0.1) is 26.3 Å². The molecule has 2 N–H and O–H groups in total. The third-order valence-electron chi connectivity index (χ3n) is 9.52. The van der Waals surface area contributed by atoms with Crippen LogP contribution in [0.5, 0.6) is 46.0 Å². The van der Waals surface area contributed by atoms with Crippen LogP contribution in [0.15, 0.2) is 77.7 Å². The van der Waals surface area contributed by atoms with Crippen LogP contribution < -0.4 is 39.1 Å². The Kier molecular flexibility index (Phi) is 17.6. The summed E-state index contributed by atoms with van der Waals surface area (Å²) in [5, 5.41) is 4.99. The number of aromatic nitrogens is 2. The number of hydrogen-bond donors (Lipinski definition) is 2. The Morgan fingerprint density at radius 3 is 1.38 bits per heavy atom. The fourth-order valence-corrected chi connectivity index (χ4v) is 6.64. The van der Waals surface area contributed by atoms with Gasteiger partial charge in [0.15, 0.2) is 23.0 Å². The number of pyridine rings is 2. The summed E-state index contributed by atoms with van der Waals surface area (Å²) < 4.78 is 140. The van der Waals surface area contributed by atoms with Crippen LogP contribution in [-0.4, -0.2) is 61.8 Å². The molecular formula is C46H35BrCl2F8N4O10. The molecule has 0 atom stereocenters. The number of anilines is 2. The zero-order valence-electron chi connectivity index (χ0n) is 37.6. The molecule has 376 valence electrons. The van der Waals surface area contributed by atoms with Crippen molar-refractivity contribution in [2.75, 3.05) is 32.0 Å². The number of carbonyl (C=O) groups excluding carboxylic acids is 3. The number of nitrogens with one attached hydrogen (secondary N) is 2. The van der Waals surface area contributed by atoms with E-state index in [1.165, 1.54) is 64.7 Å². The first kappa shape index (κ1) is 54.8. The standard InChI is InChI=1S/C24H19ClF4N2O6.C22H16BrClF4N2O4/c1-11-10-30-16(23(33)35-4)9-15(11)31-22(32)20-19(8-14(25)12(2)21(20)26)36-17-6-5-13(7-18(17)34-3)37-24(27,28)29;1-10-9-29-18(23)8-14(10)30-21(31)19-17(7-13(24)11(2)20(19)25)33-15-5-4-12(6-16(15)32-3)34-22(26,27)28/h5-10H,1-4H3,(H,30,31,32);4-9H,1-3H3,(H,29,30,31). The normalized spacial score (nSPS) is 11.1. The lowest BCUT2D eigenvalue weighted by Gasteiger charge is -2.17. The number of rotatable bonds is 13. The molecule has 6 aromatic rings. The van der Waals surface area contributed by atoms with E-state index >= 15 is 8.78 Å². The summed E-state index contributed by atoms with van der Waals surface area (Å²) in [6, 6.07) is 11.2. The fourth-order valence-electron chi connectivity index (χ4n) is 5.95. The van der Waals surface area contributed by atoms with Gasteiger partial charge in [0.2, 0.25) is 0 Å². The number of benzene rings is 4. The third-order valence-corrected chi connectivity index (χ3v) is 10.7. The van der Waals surface area contributed by atoms with Crippen molar-refractivity contribution in [3.8, 4) is 46.0 Å². The highest BCUT2D eigenvalue weighted by Gasteiger charge is 2.33. The molecule has 0 aliphatic carbocycles. The topological polar surface area (TPSA) is 166 Å². The first-order valence-corrected chi connectivity index (χ1v) is 21.3. The van der Waals surface area contributed by atoms with E-state index in [1.807, 2.05) is 0 Å². The minimum Gasteiger partial charge on any atom is -0.493 e. The second-order valence-corrected chi connectivity index (χ2v) is 16.0. The highest BCUT2D eigenvalue weighted by atomic mass is 79.9. The first-order chi connectivity index (χ1) is 33.2. The number of amides is 2. The maximum atomic E-state index is 15.3. The minimum atomic E-state index is -4.94. The number of methoxy groups -OCH3 is 3. The summed E-state index contributed by atoms with van der Waals surface area (Å²) in [4.78, 5) is 46.0. The van der Waals surface area contributed by atoms with E-state index in [0.717, 1.165) is 43.5 Å². The van der Waals surface area contributed by atoms with E-state index in [0.29, 0.717) is 21.4 Å². The summed E-state index contributed by atoms with van der Waals surface area (Å²) in [6.45, 7) is 6.02. The molecule has 0 fully saturated rings. The molecule has 2 amide bonds. The summed E-state index contributed by atoms with van der Waals surface area (Å²) in [7, 11) is 3.52. The van der Waals surface area contributed by atoms with Crippen LogP contribution in [0, 0.1) is 39.3 Å². The van der Waals surface area contributed by atoms with E-state index in [1.54, 1.807) is 13.8 Å². The Morgan fingerprint density at radius 2 is 0.986 bits per heavy atom. The van der Waals surface area contributed by atoms with E-state index in [4.69, 9.17) is 42.1 Å². The Bertz CT molecular complexity index is 3020. The van der Waals surface area contributed by atoms with E-state index in [2.05, 4.69) is 50.7 Å². The monoisotopic (exact) mass is 1100 g/mol. The average molecular weight is 1110 g/mol. The van der Waals surface area contributed by atoms with Gasteiger partial charge in [0.25, 0.3) is 11.8 Å². The predicted molar refractivity (Wildman–Crippen MR) is 245 cm³/mol. The van der Waals surface area contributed by atoms with Gasteiger partial charge in [-0.05, 0) is 91.1 Å². The summed E-state index contributed by atoms with van der Waals surface area (Å²) >= 11 is 15.4. The molecule has 71 heavy (non-hydrogen) atoms. The van der Waals surface area contributed by atoms with Crippen molar-refractivity contribution in [2.24, 2.45) is 0 Å². The predicted octanol–water partition coefficient (Wildman–Crippen LogP) is 13.4. The lowest BCUT2D eigenvalue weighted by molar-refractivity contribution is -0.275. The van der Waals surface area contributed by atoms with Crippen LogP contribution >= 0.6 is 39.1 Å². The van der Waals surface area contributed by atoms with Crippen molar-refractivity contribution in [3.05, 3.63) is 138 Å². The van der Waals surface area contributed by atoms with Crippen molar-refractivity contribution in [3.63, 3.8) is 0 Å². The summed E-state index contributed by atoms with van der Waals surface area (Å²) in [5.41, 5.74) is 0.416. The highest BCUT2D eigenvalue weighted by molar-refractivity contribution is 9.10. The number of halogens is 11. The second-order valence-electron chi connectivity index (χ2n) is 14.4. The molecular weight excluding hydrogens is 1070 g/mol. The van der Waals surface area contributed by atoms with Gasteiger partial charge in [-0.1, -0.05) is 23.2 Å². The number of nitrogens with zero attached hydrogens (tertiary/aromatic N) is 2. The molecule has 0 spiro atoms. The second kappa shape index (κ2) is 22.8. The Hall–Kier alpha value is -7.11. The van der Waals surface area contributed by atoms with Crippen LogP contribution in [0.2, 0.25) is 10.0 Å². The molecule has 14 nitrogen and oxygen atoms in total. The van der Waals surface area contributed by atoms with Crippen LogP contribution in [0.25, 0.3) is 0 Å². The van der Waals surface area contributed by atoms with E-state index < -0.39 is 64.8 Å². The van der Waals surface area contributed by atoms with Crippen LogP contribution in [0.4, 0.5) is 46.5 Å². The molecule has 2 heterocycles. The van der Waals surface area contributed by atoms with Gasteiger partial charge in [0, 0.05) is 59.2 Å². The van der Waals surface area contributed by atoms with Crippen LogP contribution in [0.1, 0.15) is 53.5 Å². The molecule has 2 aromatic heterocycles. The molecule has 0 bridgehead atoms. The van der Waals surface area contributed by atoms with Crippen molar-refractivity contribution < 1.29 is 82.7 Å². The number of aryl methyl sites for hydroxylation is 2. The molecule has 0 aliphatic heterocycles. The molecule has 0 radical (unpaired) electrons. The number of ether oxygens (including phenoxy) is 7. The van der Waals surface area contributed by atoms with Crippen molar-refractivity contribution >= 4 is 68.3 Å². The molecule has 0 saturated carbocycles. The maximum Gasteiger partial charge on any atom is 0.573 e. The molecule has 0 unspecified atom stereocenters. The van der Waals surface area contributed by atoms with E-state index in [9.17, 15) is 40.7 Å². The molecule has 0 aliphatic rings. The lowest BCUT2D eigenvalue weighted by Crippen LogP contribution is -2.18. The zero-order valence-corrected chi connectivity index (χ0v) is 40.7. The summed E-state index contributed by atoms with van der Waals surface area (Å²) in [5.74, 6) is -6.87. The Morgan fingerprint density at radius 1 is 0.577 bits per heavy atom. The summed E-state index contributed by atoms with van der Waals surface area (Å²) in [6.07, 6.45) is -7.02. The third kappa shape index (κ3) is 14.0. The maximum absolute atomic E-state index is 15.3. The first-order valence-electron chi connectivity index (χ1n) is 19.7. The minimum absolute atomic E-state index is 0.00712. The van der Waals surface area contributed by atoms with Gasteiger partial charge in [-0.3, -0.25) is 9.59 Å². The number of carbonyl (C=O) groups is 3. The highest BCUT2D eigenvalue weighted by Crippen LogP contribution is 2.42. The van der Waals surface area contributed by atoms with Gasteiger partial charge in [-0.25, -0.2) is 23.5 Å². The van der Waals surface area contributed by atoms with Crippen molar-refractivity contribution in [1.29, 1.82) is 0 Å². The zero-order chi connectivity index (χ0) is 52.7. The average Bonchev–Trinajstić information content (AvgIpc) is 3.29. The Labute approximate surface area is 416 Å². The molecule has 6 rings (SSSR count). The van der Waals surface area contributed by atoms with E-state index in [-0.39, 0.29) is 67.1 Å². The largest absolute Gasteiger partial charge is 0.573 e. The molecule has 4 aromatic carbocycles. The van der Waals surface area contributed by atoms with Gasteiger partial charge in [0.05, 0.1) is 31.4 Å². The van der Waals surface area contributed by atoms with Gasteiger partial charge in [0.1, 0.15) is 56.1 Å². The molecule has 25 heteroatoms. The van der Waals surface area contributed by atoms with Crippen LogP contribution in [0.3, 0.4) is 0 Å². The number of esters is 1. The van der Waals surface area contributed by atoms with Gasteiger partial charge >= 0.3 is 18.7 Å². The smallest absolute Gasteiger partial charge is 0.493 e. The SMILES string of the molecule is COC(=O)c1cc(NC(=O)c2c(Oc3ccc(OC(F)(F)F)cc3OC)cc(Cl)c(C)c2F)c(C)cn1.COc1cc(OC(F)(F)F)ccc1Oc1cc(Cl)c(C)c(F)c1C(=O)Nc1cc(Br)ncc1C. The van der Waals surface area contributed by atoms with Crippen LogP contribution in [-0.2, 0) is 4.74 Å². The number of hydrogen-bond acceptors (Lipinski definition) is 12. The van der Waals surface area contributed by atoms with Gasteiger partial charge < -0.3 is 43.8 Å². The Balaban J connectivity index is 0.000000265. The fraction of sp³-hybridized carbons (Fsp3) is 0.196. The lowest BCUT2D eigenvalue weighted by atomic mass is 10.1. The van der Waals surface area contributed by atoms with Crippen molar-refractivity contribution in [2.45, 2.75) is 40.4 Å². The van der Waals surface area contributed by atoms with Crippen molar-refractivity contribution in [1.82, 2.24) is 9.97 Å². The number of alkyl halides is 6. The molecule has 0 saturated heterocycles.